The third-order valence-electron chi connectivity index (χ3n) is 11.9. The Morgan fingerprint density at radius 3 is 2.29 bits per heavy atom. The number of aromatic nitrogens is 1. The standard InChI is InChI=1S/C49H48N2S/c1-8-17-37-40(35-21-11-9-18-31(35)2)30-43(51-41-25-13-14-26-44(41)52(6,7)45-27-15-19-32(3)48(45)51)33(4)46(37)38-23-16-24-39-47-36-22-12-10-20-34(36)28-29-42(47)50(5)49(38)39/h9-12,14-16,18-24,26-30H,8,13,17,25H2,1-7H3. The predicted octanol–water partition coefficient (Wildman–Crippen LogP) is 13.8. The Bertz CT molecular complexity index is 2670. The second-order valence-corrected chi connectivity index (χ2v) is 18.8. The van der Waals surface area contributed by atoms with E-state index in [0.717, 1.165) is 25.7 Å². The number of rotatable bonds is 5. The molecule has 6 aromatic carbocycles. The summed E-state index contributed by atoms with van der Waals surface area (Å²) in [6, 6.07) is 39.1. The van der Waals surface area contributed by atoms with Crippen molar-refractivity contribution in [2.45, 2.75) is 58.3 Å². The SMILES string of the molecule is CCCc1c(-c2ccccc2C)cc(N2C3=C(C=CCC3)S(C)(C)c3cccc(C)c32)c(C)c1-c1cccc2c3c4ccccc4ccc3n(C)c12. The summed E-state index contributed by atoms with van der Waals surface area (Å²) in [5.74, 6) is 0. The second-order valence-electron chi connectivity index (χ2n) is 15.3. The molecule has 2 nitrogen and oxygen atoms in total. The van der Waals surface area contributed by atoms with Gasteiger partial charge in [-0.05, 0) is 120 Å². The van der Waals surface area contributed by atoms with Crippen LogP contribution in [0.4, 0.5) is 11.4 Å². The number of hydrogen-bond acceptors (Lipinski definition) is 1. The van der Waals surface area contributed by atoms with Crippen molar-refractivity contribution in [2.24, 2.45) is 7.05 Å². The number of fused-ring (bicyclic) bond motifs is 6. The molecular weight excluding hydrogens is 649 g/mol. The number of allylic oxidation sites excluding steroid dienone is 3. The maximum absolute atomic E-state index is 2.70. The molecule has 0 spiro atoms. The molecule has 1 aliphatic heterocycles. The lowest BCUT2D eigenvalue weighted by atomic mass is 9.83. The van der Waals surface area contributed by atoms with Crippen LogP contribution in [0.3, 0.4) is 0 Å². The zero-order valence-corrected chi connectivity index (χ0v) is 32.4. The van der Waals surface area contributed by atoms with E-state index in [4.69, 9.17) is 0 Å². The van der Waals surface area contributed by atoms with E-state index in [1.165, 1.54) is 104 Å². The summed E-state index contributed by atoms with van der Waals surface area (Å²) in [6.45, 7) is 9.33. The van der Waals surface area contributed by atoms with Gasteiger partial charge in [0.2, 0.25) is 0 Å². The molecule has 7 aromatic rings. The summed E-state index contributed by atoms with van der Waals surface area (Å²) in [6.07, 6.45) is 14.1. The fraction of sp³-hybridized carbons (Fsp3) is 0.224. The summed E-state index contributed by atoms with van der Waals surface area (Å²) in [4.78, 5) is 5.71. The smallest absolute Gasteiger partial charge is 0.0612 e. The molecule has 2 heterocycles. The average Bonchev–Trinajstić information content (AvgIpc) is 3.45. The lowest BCUT2D eigenvalue weighted by Gasteiger charge is -2.48. The van der Waals surface area contributed by atoms with E-state index in [1.54, 1.807) is 0 Å². The Morgan fingerprint density at radius 1 is 0.731 bits per heavy atom. The average molecular weight is 697 g/mol. The van der Waals surface area contributed by atoms with Crippen LogP contribution in [0.1, 0.15) is 48.4 Å². The van der Waals surface area contributed by atoms with Crippen LogP contribution in [0.25, 0.3) is 54.8 Å². The normalized spacial score (nSPS) is 15.8. The van der Waals surface area contributed by atoms with Gasteiger partial charge in [0.05, 0.1) is 16.9 Å². The molecule has 0 unspecified atom stereocenters. The molecule has 2 aliphatic rings. The molecule has 0 N–H and O–H groups in total. The summed E-state index contributed by atoms with van der Waals surface area (Å²) in [5.41, 5.74) is 17.6. The molecule has 1 aromatic heterocycles. The highest BCUT2D eigenvalue weighted by Gasteiger charge is 2.38. The van der Waals surface area contributed by atoms with E-state index in [1.807, 2.05) is 0 Å². The molecule has 1 aliphatic carbocycles. The first-order valence-corrected chi connectivity index (χ1v) is 21.3. The Morgan fingerprint density at radius 2 is 1.46 bits per heavy atom. The number of benzene rings is 6. The van der Waals surface area contributed by atoms with E-state index in [2.05, 4.69) is 172 Å². The van der Waals surface area contributed by atoms with Crippen LogP contribution >= 0.6 is 10.0 Å². The van der Waals surface area contributed by atoms with Crippen molar-refractivity contribution in [1.29, 1.82) is 0 Å². The van der Waals surface area contributed by atoms with Crippen LogP contribution in [0.2, 0.25) is 0 Å². The van der Waals surface area contributed by atoms with Crippen molar-refractivity contribution in [3.05, 3.63) is 148 Å². The third-order valence-corrected chi connectivity index (χ3v) is 14.8. The number of para-hydroxylation sites is 2. The predicted molar refractivity (Wildman–Crippen MR) is 229 cm³/mol. The van der Waals surface area contributed by atoms with Crippen molar-refractivity contribution in [3.63, 3.8) is 0 Å². The van der Waals surface area contributed by atoms with Gasteiger partial charge in [0.15, 0.2) is 0 Å². The van der Waals surface area contributed by atoms with E-state index in [0.29, 0.717) is 0 Å². The Hall–Kier alpha value is -4.99. The van der Waals surface area contributed by atoms with Crippen molar-refractivity contribution >= 4 is 54.0 Å². The maximum atomic E-state index is 2.70. The summed E-state index contributed by atoms with van der Waals surface area (Å²) >= 11 is 0. The molecule has 0 radical (unpaired) electrons. The molecule has 3 heteroatoms. The second kappa shape index (κ2) is 12.3. The molecule has 9 rings (SSSR count). The van der Waals surface area contributed by atoms with Gasteiger partial charge in [-0.25, -0.2) is 0 Å². The van der Waals surface area contributed by atoms with Crippen LogP contribution < -0.4 is 4.90 Å². The topological polar surface area (TPSA) is 8.17 Å². The lowest BCUT2D eigenvalue weighted by Crippen LogP contribution is -2.28. The van der Waals surface area contributed by atoms with Crippen LogP contribution in [0.5, 0.6) is 0 Å². The number of hydrogen-bond donors (Lipinski definition) is 0. The van der Waals surface area contributed by atoms with Crippen LogP contribution in [-0.2, 0) is 13.5 Å². The molecule has 0 fully saturated rings. The van der Waals surface area contributed by atoms with Crippen LogP contribution in [0, 0.1) is 20.8 Å². The van der Waals surface area contributed by atoms with Gasteiger partial charge in [0.25, 0.3) is 0 Å². The minimum atomic E-state index is -1.19. The highest BCUT2D eigenvalue weighted by molar-refractivity contribution is 8.36. The zero-order valence-electron chi connectivity index (χ0n) is 31.6. The molecule has 260 valence electrons. The quantitative estimate of drug-likeness (QED) is 0.174. The lowest BCUT2D eigenvalue weighted by molar-refractivity contribution is 0.893. The number of aryl methyl sites for hydroxylation is 3. The first-order valence-electron chi connectivity index (χ1n) is 18.9. The van der Waals surface area contributed by atoms with Gasteiger partial charge in [0, 0.05) is 44.4 Å². The number of anilines is 2. The van der Waals surface area contributed by atoms with Gasteiger partial charge >= 0.3 is 0 Å². The summed E-state index contributed by atoms with van der Waals surface area (Å²) in [7, 11) is 1.08. The van der Waals surface area contributed by atoms with Crippen molar-refractivity contribution in [1.82, 2.24) is 4.57 Å². The zero-order chi connectivity index (χ0) is 35.9. The first-order chi connectivity index (χ1) is 25.2. The third kappa shape index (κ3) is 4.71. The largest absolute Gasteiger partial charge is 0.343 e. The molecule has 52 heavy (non-hydrogen) atoms. The monoisotopic (exact) mass is 696 g/mol. The van der Waals surface area contributed by atoms with Gasteiger partial charge in [0.1, 0.15) is 0 Å². The van der Waals surface area contributed by atoms with Crippen LogP contribution in [-0.4, -0.2) is 17.1 Å². The van der Waals surface area contributed by atoms with E-state index >= 15 is 0 Å². The summed E-state index contributed by atoms with van der Waals surface area (Å²) < 4.78 is 2.46. The minimum Gasteiger partial charge on any atom is -0.343 e. The van der Waals surface area contributed by atoms with E-state index in [-0.39, 0.29) is 0 Å². The molecule has 0 amide bonds. The van der Waals surface area contributed by atoms with Crippen molar-refractivity contribution in [3.8, 4) is 22.3 Å². The van der Waals surface area contributed by atoms with Crippen molar-refractivity contribution in [2.75, 3.05) is 17.4 Å². The Balaban J connectivity index is 1.45. The molecule has 0 saturated carbocycles. The van der Waals surface area contributed by atoms with E-state index in [9.17, 15) is 0 Å². The first kappa shape index (κ1) is 32.9. The molecule has 0 saturated heterocycles. The Labute approximate surface area is 310 Å². The van der Waals surface area contributed by atoms with E-state index < -0.39 is 10.0 Å². The Kier molecular flexibility index (Phi) is 7.79. The van der Waals surface area contributed by atoms with Crippen molar-refractivity contribution < 1.29 is 0 Å². The highest BCUT2D eigenvalue weighted by Crippen LogP contribution is 2.67. The van der Waals surface area contributed by atoms with Gasteiger partial charge < -0.3 is 9.47 Å². The number of nitrogens with zero attached hydrogens (tertiary/aromatic N) is 2. The van der Waals surface area contributed by atoms with Crippen LogP contribution in [0.15, 0.2) is 131 Å². The van der Waals surface area contributed by atoms with Gasteiger partial charge in [-0.2, -0.15) is 10.0 Å². The van der Waals surface area contributed by atoms with Gasteiger partial charge in [-0.3, -0.25) is 0 Å². The van der Waals surface area contributed by atoms with Gasteiger partial charge in [-0.1, -0.05) is 110 Å². The summed E-state index contributed by atoms with van der Waals surface area (Å²) in [5, 5.41) is 5.27. The van der Waals surface area contributed by atoms with Gasteiger partial charge in [-0.15, -0.1) is 0 Å². The fourth-order valence-corrected chi connectivity index (χ4v) is 12.1. The fourth-order valence-electron chi connectivity index (χ4n) is 9.46. The molecule has 0 atom stereocenters. The molecule has 0 bridgehead atoms. The highest BCUT2D eigenvalue weighted by atomic mass is 32.3. The molecular formula is C49H48N2S. The minimum absolute atomic E-state index is 1.01. The maximum Gasteiger partial charge on any atom is 0.0612 e.